The van der Waals surface area contributed by atoms with Crippen molar-refractivity contribution in [3.8, 4) is 5.75 Å². The molecule has 7 nitrogen and oxygen atoms in total. The molecule has 0 atom stereocenters. The molecule has 3 aromatic rings. The van der Waals surface area contributed by atoms with Crippen molar-refractivity contribution in [3.63, 3.8) is 0 Å². The van der Waals surface area contributed by atoms with E-state index in [2.05, 4.69) is 18.7 Å². The van der Waals surface area contributed by atoms with E-state index in [0.717, 1.165) is 28.9 Å². The Morgan fingerprint density at radius 1 is 1.03 bits per heavy atom. The highest BCUT2D eigenvalue weighted by Crippen LogP contribution is 2.36. The van der Waals surface area contributed by atoms with E-state index >= 15 is 0 Å². The molecule has 1 amide bonds. The summed E-state index contributed by atoms with van der Waals surface area (Å²) in [6, 6.07) is 10.0. The fourth-order valence-electron chi connectivity index (χ4n) is 3.57. The van der Waals surface area contributed by atoms with Crippen LogP contribution in [0.5, 0.6) is 5.75 Å². The minimum absolute atomic E-state index is 0.0170. The molecule has 0 spiro atoms. The zero-order chi connectivity index (χ0) is 24.2. The third-order valence-corrected chi connectivity index (χ3v) is 8.73. The Bertz CT molecular complexity index is 1220. The number of carbonyl (C=O) groups excluding carboxylic acids is 1. The Morgan fingerprint density at radius 3 is 2.27 bits per heavy atom. The van der Waals surface area contributed by atoms with Crippen molar-refractivity contribution in [3.05, 3.63) is 47.5 Å². The minimum atomic E-state index is -3.33. The predicted octanol–water partition coefficient (Wildman–Crippen LogP) is 4.40. The van der Waals surface area contributed by atoms with E-state index in [-0.39, 0.29) is 16.6 Å². The summed E-state index contributed by atoms with van der Waals surface area (Å²) in [4.78, 5) is 22.5. The number of likely N-dealkylation sites (N-methyl/N-ethyl adjacent to an activating group) is 1. The zero-order valence-electron chi connectivity index (χ0n) is 19.8. The van der Waals surface area contributed by atoms with Gasteiger partial charge in [-0.05, 0) is 55.9 Å². The van der Waals surface area contributed by atoms with E-state index in [0.29, 0.717) is 29.5 Å². The van der Waals surface area contributed by atoms with Gasteiger partial charge in [0.15, 0.2) is 15.0 Å². The van der Waals surface area contributed by atoms with Gasteiger partial charge in [-0.2, -0.15) is 0 Å². The molecular formula is C24H31N3O4S2. The monoisotopic (exact) mass is 489 g/mol. The van der Waals surface area contributed by atoms with Crippen LogP contribution in [0.25, 0.3) is 10.2 Å². The van der Waals surface area contributed by atoms with Gasteiger partial charge in [0.2, 0.25) is 0 Å². The molecule has 0 unspecified atom stereocenters. The maximum absolute atomic E-state index is 13.6. The van der Waals surface area contributed by atoms with Gasteiger partial charge in [0.25, 0.3) is 5.91 Å². The molecule has 3 rings (SSSR count). The summed E-state index contributed by atoms with van der Waals surface area (Å²) in [6.07, 6.45) is 0. The first-order valence-corrected chi connectivity index (χ1v) is 13.5. The van der Waals surface area contributed by atoms with Crippen LogP contribution in [0.3, 0.4) is 0 Å². The topological polar surface area (TPSA) is 79.8 Å². The van der Waals surface area contributed by atoms with E-state index < -0.39 is 9.84 Å². The number of fused-ring (bicyclic) bond motifs is 1. The van der Waals surface area contributed by atoms with Gasteiger partial charge >= 0.3 is 0 Å². The lowest BCUT2D eigenvalue weighted by Gasteiger charge is -2.24. The van der Waals surface area contributed by atoms with Crippen LogP contribution in [0.2, 0.25) is 0 Å². The highest BCUT2D eigenvalue weighted by Gasteiger charge is 2.24. The van der Waals surface area contributed by atoms with Crippen LogP contribution in [0.4, 0.5) is 5.13 Å². The molecule has 2 aromatic carbocycles. The molecule has 0 aliphatic rings. The number of amides is 1. The molecule has 0 saturated heterocycles. The molecule has 1 heterocycles. The van der Waals surface area contributed by atoms with E-state index in [1.165, 1.54) is 23.5 Å². The number of hydrogen-bond donors (Lipinski definition) is 0. The van der Waals surface area contributed by atoms with Gasteiger partial charge in [0.05, 0.1) is 22.5 Å². The Morgan fingerprint density at radius 2 is 1.70 bits per heavy atom. The molecule has 0 N–H and O–H groups in total. The Kier molecular flexibility index (Phi) is 8.10. The number of sulfone groups is 1. The summed E-state index contributed by atoms with van der Waals surface area (Å²) in [5.41, 5.74) is 2.23. The molecular weight excluding hydrogens is 458 g/mol. The number of methoxy groups -OCH3 is 1. The summed E-state index contributed by atoms with van der Waals surface area (Å²) in [6.45, 7) is 10.7. The van der Waals surface area contributed by atoms with Gasteiger partial charge in [0.1, 0.15) is 11.3 Å². The highest BCUT2D eigenvalue weighted by atomic mass is 32.2. The Labute approximate surface area is 199 Å². The number of ether oxygens (including phenoxy) is 1. The number of aromatic nitrogens is 1. The molecule has 0 aliphatic carbocycles. The van der Waals surface area contributed by atoms with Crippen molar-refractivity contribution < 1.29 is 17.9 Å². The maximum Gasteiger partial charge on any atom is 0.260 e. The predicted molar refractivity (Wildman–Crippen MR) is 135 cm³/mol. The normalized spacial score (nSPS) is 11.8. The molecule has 0 fully saturated rings. The number of benzene rings is 2. The van der Waals surface area contributed by atoms with Crippen molar-refractivity contribution in [1.29, 1.82) is 0 Å². The summed E-state index contributed by atoms with van der Waals surface area (Å²) in [7, 11) is -1.72. The van der Waals surface area contributed by atoms with Gasteiger partial charge in [0, 0.05) is 18.7 Å². The van der Waals surface area contributed by atoms with Gasteiger partial charge < -0.3 is 9.64 Å². The number of thiazole rings is 1. The van der Waals surface area contributed by atoms with E-state index in [4.69, 9.17) is 9.72 Å². The zero-order valence-corrected chi connectivity index (χ0v) is 21.4. The molecule has 178 valence electrons. The van der Waals surface area contributed by atoms with Crippen molar-refractivity contribution in [2.75, 3.05) is 43.9 Å². The first-order chi connectivity index (χ1) is 15.7. The number of rotatable bonds is 10. The van der Waals surface area contributed by atoms with Crippen LogP contribution in [0.1, 0.15) is 36.7 Å². The van der Waals surface area contributed by atoms with Crippen LogP contribution < -0.4 is 9.64 Å². The van der Waals surface area contributed by atoms with Gasteiger partial charge in [-0.1, -0.05) is 38.2 Å². The molecule has 33 heavy (non-hydrogen) atoms. The van der Waals surface area contributed by atoms with E-state index in [9.17, 15) is 13.2 Å². The second-order valence-corrected chi connectivity index (χ2v) is 10.9. The molecule has 0 bridgehead atoms. The average Bonchev–Trinajstić information content (AvgIpc) is 3.28. The molecule has 0 aliphatic heterocycles. The summed E-state index contributed by atoms with van der Waals surface area (Å²) in [5.74, 6) is 0.477. The number of aryl methyl sites for hydroxylation is 1. The average molecular weight is 490 g/mol. The fourth-order valence-corrected chi connectivity index (χ4v) is 5.53. The van der Waals surface area contributed by atoms with Crippen molar-refractivity contribution in [2.24, 2.45) is 0 Å². The number of nitrogens with zero attached hydrogens (tertiary/aromatic N) is 3. The van der Waals surface area contributed by atoms with Crippen LogP contribution in [-0.2, 0) is 9.84 Å². The van der Waals surface area contributed by atoms with Crippen LogP contribution in [0, 0.1) is 6.92 Å². The van der Waals surface area contributed by atoms with Crippen molar-refractivity contribution in [2.45, 2.75) is 32.6 Å². The number of carbonyl (C=O) groups is 1. The lowest BCUT2D eigenvalue weighted by Crippen LogP contribution is -2.38. The van der Waals surface area contributed by atoms with Gasteiger partial charge in [-0.3, -0.25) is 9.69 Å². The van der Waals surface area contributed by atoms with Gasteiger partial charge in [-0.15, -0.1) is 0 Å². The van der Waals surface area contributed by atoms with E-state index in [1.54, 1.807) is 31.1 Å². The quantitative estimate of drug-likeness (QED) is 0.420. The number of anilines is 1. The Balaban J connectivity index is 2.02. The van der Waals surface area contributed by atoms with Gasteiger partial charge in [-0.25, -0.2) is 13.4 Å². The first kappa shape index (κ1) is 25.1. The summed E-state index contributed by atoms with van der Waals surface area (Å²) in [5, 5.41) is 0.597. The van der Waals surface area contributed by atoms with Crippen molar-refractivity contribution in [1.82, 2.24) is 9.88 Å². The highest BCUT2D eigenvalue weighted by molar-refractivity contribution is 7.91. The molecule has 9 heteroatoms. The third kappa shape index (κ3) is 5.37. The Hall–Kier alpha value is -2.49. The third-order valence-electron chi connectivity index (χ3n) is 5.76. The molecule has 0 radical (unpaired) electrons. The lowest BCUT2D eigenvalue weighted by molar-refractivity contribution is 0.0983. The maximum atomic E-state index is 13.6. The fraction of sp³-hybridized carbons (Fsp3) is 0.417. The second kappa shape index (κ2) is 10.6. The summed E-state index contributed by atoms with van der Waals surface area (Å²) >= 11 is 1.46. The second-order valence-electron chi connectivity index (χ2n) is 7.67. The summed E-state index contributed by atoms with van der Waals surface area (Å²) < 4.78 is 30.8. The molecule has 1 aromatic heterocycles. The van der Waals surface area contributed by atoms with Crippen LogP contribution in [0.15, 0.2) is 41.3 Å². The first-order valence-electron chi connectivity index (χ1n) is 11.1. The van der Waals surface area contributed by atoms with E-state index in [1.807, 2.05) is 19.1 Å². The lowest BCUT2D eigenvalue weighted by atomic mass is 10.2. The largest absolute Gasteiger partial charge is 0.494 e. The van der Waals surface area contributed by atoms with Crippen molar-refractivity contribution >= 4 is 42.4 Å². The minimum Gasteiger partial charge on any atom is -0.494 e. The number of hydrogen-bond acceptors (Lipinski definition) is 7. The van der Waals surface area contributed by atoms with Crippen LogP contribution >= 0.6 is 11.3 Å². The standard InChI is InChI=1S/C24H31N3O4S2/c1-6-26(7-2)15-16-27(23(28)18-10-12-19(13-11-18)33(29,30)8-3)24-25-21-20(31-5)14-9-17(4)22(21)32-24/h9-14H,6-8,15-16H2,1-5H3. The SMILES string of the molecule is CCN(CC)CCN(C(=O)c1ccc(S(=O)(=O)CC)cc1)c1nc2c(OC)ccc(C)c2s1. The smallest absolute Gasteiger partial charge is 0.260 e. The van der Waals surface area contributed by atoms with Crippen LogP contribution in [-0.4, -0.2) is 63.3 Å². The molecule has 0 saturated carbocycles.